The van der Waals surface area contributed by atoms with E-state index in [9.17, 15) is 0 Å². The average molecular weight is 399 g/mol. The quantitative estimate of drug-likeness (QED) is 0.332. The topological polar surface area (TPSA) is 20.7 Å². The highest BCUT2D eigenvalue weighted by molar-refractivity contribution is 6.34. The molecule has 0 saturated heterocycles. The molecule has 0 amide bonds. The van der Waals surface area contributed by atoms with Crippen LogP contribution in [0.15, 0.2) is 66.7 Å². The van der Waals surface area contributed by atoms with Gasteiger partial charge < -0.3 is 9.55 Å². The Kier molecular flexibility index (Phi) is 4.25. The van der Waals surface area contributed by atoms with Gasteiger partial charge in [0.1, 0.15) is 0 Å². The Morgan fingerprint density at radius 3 is 2.48 bits per heavy atom. The molecule has 0 unspecified atom stereocenters. The third-order valence-corrected chi connectivity index (χ3v) is 6.27. The number of aryl methyl sites for hydroxylation is 3. The summed E-state index contributed by atoms with van der Waals surface area (Å²) in [4.78, 5) is 3.55. The maximum atomic E-state index is 6.71. The lowest BCUT2D eigenvalue weighted by Gasteiger charge is -2.07. The fraction of sp³-hybridized carbons (Fsp3) is 0.154. The van der Waals surface area contributed by atoms with Crippen LogP contribution in [0.4, 0.5) is 0 Å². The van der Waals surface area contributed by atoms with Gasteiger partial charge in [0.05, 0.1) is 10.7 Å². The molecule has 144 valence electrons. The van der Waals surface area contributed by atoms with E-state index in [4.69, 9.17) is 11.6 Å². The molecular weight excluding hydrogens is 376 g/mol. The van der Waals surface area contributed by atoms with Crippen LogP contribution in [0.3, 0.4) is 0 Å². The molecule has 0 saturated carbocycles. The van der Waals surface area contributed by atoms with Gasteiger partial charge in [0, 0.05) is 46.5 Å². The Balaban J connectivity index is 1.57. The van der Waals surface area contributed by atoms with E-state index in [0.29, 0.717) is 0 Å². The summed E-state index contributed by atoms with van der Waals surface area (Å²) in [5.41, 5.74) is 9.67. The van der Waals surface area contributed by atoms with Crippen molar-refractivity contribution in [3.8, 4) is 11.3 Å². The van der Waals surface area contributed by atoms with Crippen molar-refractivity contribution in [2.75, 3.05) is 0 Å². The minimum Gasteiger partial charge on any atom is -0.358 e. The second-order valence-corrected chi connectivity index (χ2v) is 8.36. The van der Waals surface area contributed by atoms with Crippen molar-refractivity contribution in [3.05, 3.63) is 94.1 Å². The maximum absolute atomic E-state index is 6.71. The van der Waals surface area contributed by atoms with Gasteiger partial charge in [0.2, 0.25) is 0 Å². The van der Waals surface area contributed by atoms with Crippen LogP contribution in [0.1, 0.15) is 22.4 Å². The molecule has 0 aliphatic rings. The number of benzene rings is 3. The van der Waals surface area contributed by atoms with Crippen molar-refractivity contribution in [2.24, 2.45) is 7.05 Å². The lowest BCUT2D eigenvalue weighted by molar-refractivity contribution is 0.979. The average Bonchev–Trinajstić information content (AvgIpc) is 3.24. The summed E-state index contributed by atoms with van der Waals surface area (Å²) in [6.07, 6.45) is 0.886. The monoisotopic (exact) mass is 398 g/mol. The van der Waals surface area contributed by atoms with Crippen LogP contribution in [0.2, 0.25) is 5.02 Å². The van der Waals surface area contributed by atoms with Crippen LogP contribution < -0.4 is 0 Å². The van der Waals surface area contributed by atoms with E-state index in [1.54, 1.807) is 0 Å². The van der Waals surface area contributed by atoms with Crippen molar-refractivity contribution < 1.29 is 0 Å². The molecule has 0 spiro atoms. The molecule has 5 rings (SSSR count). The minimum atomic E-state index is 0.767. The van der Waals surface area contributed by atoms with Crippen LogP contribution in [-0.4, -0.2) is 9.55 Å². The summed E-state index contributed by atoms with van der Waals surface area (Å²) in [6.45, 7) is 4.32. The highest BCUT2D eigenvalue weighted by atomic mass is 35.5. The first-order valence-electron chi connectivity index (χ1n) is 9.92. The molecule has 0 aliphatic carbocycles. The fourth-order valence-electron chi connectivity index (χ4n) is 4.19. The molecule has 2 heterocycles. The van der Waals surface area contributed by atoms with Gasteiger partial charge in [-0.15, -0.1) is 0 Å². The SMILES string of the molecule is Cc1ccc(Cc2cc3cc(-c4cc5ccccc5n4C)c(Cl)cc3[nH]2)cc1C. The number of nitrogens with one attached hydrogen (secondary N) is 1. The molecule has 0 radical (unpaired) electrons. The number of aromatic amines is 1. The summed E-state index contributed by atoms with van der Waals surface area (Å²) >= 11 is 6.71. The Hall–Kier alpha value is -2.97. The fourth-order valence-corrected chi connectivity index (χ4v) is 4.45. The maximum Gasteiger partial charge on any atom is 0.0520 e. The van der Waals surface area contributed by atoms with E-state index in [2.05, 4.69) is 91.1 Å². The van der Waals surface area contributed by atoms with Gasteiger partial charge in [-0.05, 0) is 60.9 Å². The predicted molar refractivity (Wildman–Crippen MR) is 124 cm³/mol. The lowest BCUT2D eigenvalue weighted by atomic mass is 10.0. The molecule has 0 atom stereocenters. The Morgan fingerprint density at radius 2 is 1.69 bits per heavy atom. The number of fused-ring (bicyclic) bond motifs is 2. The molecular formula is C26H23ClN2. The van der Waals surface area contributed by atoms with Gasteiger partial charge in [-0.3, -0.25) is 0 Å². The van der Waals surface area contributed by atoms with Crippen LogP contribution in [0.25, 0.3) is 33.1 Å². The molecule has 0 fully saturated rings. The molecule has 3 heteroatoms. The van der Waals surface area contributed by atoms with Gasteiger partial charge in [-0.25, -0.2) is 0 Å². The zero-order chi connectivity index (χ0) is 20.1. The third-order valence-electron chi connectivity index (χ3n) is 5.96. The summed E-state index contributed by atoms with van der Waals surface area (Å²) in [7, 11) is 2.10. The zero-order valence-electron chi connectivity index (χ0n) is 16.9. The molecule has 2 nitrogen and oxygen atoms in total. The van der Waals surface area contributed by atoms with Crippen LogP contribution in [0, 0.1) is 13.8 Å². The van der Waals surface area contributed by atoms with E-state index in [1.165, 1.54) is 38.7 Å². The summed E-state index contributed by atoms with van der Waals surface area (Å²) in [6, 6.07) is 23.8. The minimum absolute atomic E-state index is 0.767. The van der Waals surface area contributed by atoms with E-state index >= 15 is 0 Å². The summed E-state index contributed by atoms with van der Waals surface area (Å²) < 4.78 is 2.21. The predicted octanol–water partition coefficient (Wildman–Crippen LogP) is 7.19. The standard InChI is InChI=1S/C26H23ClN2/c1-16-8-9-18(10-17(16)2)11-21-12-20-13-22(23(27)15-24(20)28-21)26-14-19-6-4-5-7-25(19)29(26)3/h4-10,12-15,28H,11H2,1-3H3. The van der Waals surface area contributed by atoms with E-state index < -0.39 is 0 Å². The van der Waals surface area contributed by atoms with Crippen molar-refractivity contribution in [3.63, 3.8) is 0 Å². The molecule has 2 aromatic heterocycles. The Bertz CT molecular complexity index is 1370. The van der Waals surface area contributed by atoms with Crippen LogP contribution >= 0.6 is 11.6 Å². The first-order chi connectivity index (χ1) is 14.0. The largest absolute Gasteiger partial charge is 0.358 e. The van der Waals surface area contributed by atoms with E-state index in [1.807, 2.05) is 6.07 Å². The summed E-state index contributed by atoms with van der Waals surface area (Å²) in [5.74, 6) is 0. The molecule has 5 aromatic rings. The van der Waals surface area contributed by atoms with Crippen molar-refractivity contribution >= 4 is 33.4 Å². The van der Waals surface area contributed by atoms with Gasteiger partial charge in [-0.1, -0.05) is 48.0 Å². The number of hydrogen-bond donors (Lipinski definition) is 1. The second kappa shape index (κ2) is 6.82. The zero-order valence-corrected chi connectivity index (χ0v) is 17.6. The number of hydrogen-bond acceptors (Lipinski definition) is 0. The molecule has 29 heavy (non-hydrogen) atoms. The highest BCUT2D eigenvalue weighted by Gasteiger charge is 2.13. The highest BCUT2D eigenvalue weighted by Crippen LogP contribution is 2.35. The third kappa shape index (κ3) is 3.14. The molecule has 1 N–H and O–H groups in total. The number of H-pyrrole nitrogens is 1. The van der Waals surface area contributed by atoms with Crippen molar-refractivity contribution in [1.82, 2.24) is 9.55 Å². The van der Waals surface area contributed by atoms with Crippen molar-refractivity contribution in [1.29, 1.82) is 0 Å². The normalized spacial score (nSPS) is 11.6. The smallest absolute Gasteiger partial charge is 0.0520 e. The number of rotatable bonds is 3. The number of para-hydroxylation sites is 1. The van der Waals surface area contributed by atoms with Gasteiger partial charge in [0.15, 0.2) is 0 Å². The lowest BCUT2D eigenvalue weighted by Crippen LogP contribution is -1.91. The molecule has 0 bridgehead atoms. The number of aromatic nitrogens is 2. The van der Waals surface area contributed by atoms with Crippen LogP contribution in [-0.2, 0) is 13.5 Å². The van der Waals surface area contributed by atoms with Crippen LogP contribution in [0.5, 0.6) is 0 Å². The molecule has 0 aliphatic heterocycles. The number of halogens is 1. The Labute approximate surface area is 175 Å². The van der Waals surface area contributed by atoms with Crippen molar-refractivity contribution in [2.45, 2.75) is 20.3 Å². The second-order valence-electron chi connectivity index (χ2n) is 7.96. The first kappa shape index (κ1) is 18.1. The van der Waals surface area contributed by atoms with E-state index in [0.717, 1.165) is 28.2 Å². The van der Waals surface area contributed by atoms with Gasteiger partial charge in [0.25, 0.3) is 0 Å². The first-order valence-corrected chi connectivity index (χ1v) is 10.3. The van der Waals surface area contributed by atoms with Gasteiger partial charge >= 0.3 is 0 Å². The van der Waals surface area contributed by atoms with E-state index in [-0.39, 0.29) is 0 Å². The molecule has 3 aromatic carbocycles. The summed E-state index contributed by atoms with van der Waals surface area (Å²) in [5, 5.41) is 3.18. The Morgan fingerprint density at radius 1 is 0.862 bits per heavy atom. The van der Waals surface area contributed by atoms with Gasteiger partial charge in [-0.2, -0.15) is 0 Å². The number of nitrogens with zero attached hydrogens (tertiary/aromatic N) is 1.